The summed E-state index contributed by atoms with van der Waals surface area (Å²) in [6.07, 6.45) is 2.95. The highest BCUT2D eigenvalue weighted by Crippen LogP contribution is 2.15. The maximum Gasteiger partial charge on any atom is 0.142 e. The molecule has 4 nitrogen and oxygen atoms in total. The van der Waals surface area contributed by atoms with E-state index in [-0.39, 0.29) is 5.54 Å². The fraction of sp³-hybridized carbons (Fsp3) is 0.765. The summed E-state index contributed by atoms with van der Waals surface area (Å²) in [5, 5.41) is 3.56. The zero-order valence-corrected chi connectivity index (χ0v) is 14.9. The zero-order valence-electron chi connectivity index (χ0n) is 14.9. The van der Waals surface area contributed by atoms with Crippen LogP contribution in [0, 0.1) is 0 Å². The lowest BCUT2D eigenvalue weighted by Gasteiger charge is -2.22. The summed E-state index contributed by atoms with van der Waals surface area (Å²) in [7, 11) is 4.11. The van der Waals surface area contributed by atoms with Gasteiger partial charge in [-0.25, -0.2) is 9.97 Å². The maximum absolute atomic E-state index is 4.77. The van der Waals surface area contributed by atoms with Gasteiger partial charge >= 0.3 is 0 Å². The Bertz CT molecular complexity index is 422. The molecule has 1 aromatic heterocycles. The molecule has 4 heteroatoms. The van der Waals surface area contributed by atoms with E-state index >= 15 is 0 Å². The Morgan fingerprint density at radius 2 is 1.52 bits per heavy atom. The first-order chi connectivity index (χ1) is 9.76. The molecule has 0 bridgehead atoms. The molecule has 0 radical (unpaired) electrons. The molecule has 1 heterocycles. The van der Waals surface area contributed by atoms with Crippen LogP contribution >= 0.6 is 0 Å². The van der Waals surface area contributed by atoms with Crippen molar-refractivity contribution in [3.8, 4) is 0 Å². The van der Waals surface area contributed by atoms with E-state index < -0.39 is 0 Å². The van der Waals surface area contributed by atoms with Crippen molar-refractivity contribution >= 4 is 0 Å². The molecule has 0 saturated carbocycles. The smallest absolute Gasteiger partial charge is 0.142 e. The molecule has 0 saturated heterocycles. The largest absolute Gasteiger partial charge is 0.312 e. The molecule has 0 unspecified atom stereocenters. The predicted molar refractivity (Wildman–Crippen MR) is 89.6 cm³/mol. The molecule has 0 atom stereocenters. The van der Waals surface area contributed by atoms with Crippen LogP contribution in [0.3, 0.4) is 0 Å². The van der Waals surface area contributed by atoms with Gasteiger partial charge in [-0.3, -0.25) is 0 Å². The maximum atomic E-state index is 4.77. The van der Waals surface area contributed by atoms with Gasteiger partial charge in [-0.1, -0.05) is 13.8 Å². The minimum atomic E-state index is 0.157. The first-order valence-corrected chi connectivity index (χ1v) is 8.04. The third kappa shape index (κ3) is 6.10. The monoisotopic (exact) mass is 292 g/mol. The van der Waals surface area contributed by atoms with Crippen molar-refractivity contribution in [1.29, 1.82) is 0 Å². The normalized spacial score (nSPS) is 12.2. The van der Waals surface area contributed by atoms with Gasteiger partial charge in [0.05, 0.1) is 6.54 Å². The van der Waals surface area contributed by atoms with Gasteiger partial charge in [-0.05, 0) is 66.2 Å². The fourth-order valence-corrected chi connectivity index (χ4v) is 2.43. The Labute approximate surface area is 130 Å². The molecule has 0 aliphatic rings. The molecule has 0 spiro atoms. The minimum absolute atomic E-state index is 0.157. The van der Waals surface area contributed by atoms with E-state index in [1.807, 2.05) is 0 Å². The molecule has 0 amide bonds. The van der Waals surface area contributed by atoms with Crippen molar-refractivity contribution in [3.63, 3.8) is 0 Å². The topological polar surface area (TPSA) is 41.1 Å². The summed E-state index contributed by atoms with van der Waals surface area (Å²) >= 11 is 0. The highest BCUT2D eigenvalue weighted by molar-refractivity contribution is 5.27. The lowest BCUT2D eigenvalue weighted by molar-refractivity contribution is 0.388. The third-order valence-corrected chi connectivity index (χ3v) is 3.38. The summed E-state index contributed by atoms with van der Waals surface area (Å²) in [6, 6.07) is 0. The van der Waals surface area contributed by atoms with Crippen molar-refractivity contribution in [2.45, 2.75) is 66.0 Å². The van der Waals surface area contributed by atoms with Crippen molar-refractivity contribution in [2.24, 2.45) is 0 Å². The number of aromatic nitrogens is 2. The minimum Gasteiger partial charge on any atom is -0.312 e. The van der Waals surface area contributed by atoms with E-state index in [9.17, 15) is 0 Å². The van der Waals surface area contributed by atoms with E-state index in [0.717, 1.165) is 38.2 Å². The first kappa shape index (κ1) is 18.1. The van der Waals surface area contributed by atoms with Gasteiger partial charge in [-0.2, -0.15) is 0 Å². The second-order valence-electron chi connectivity index (χ2n) is 6.88. The summed E-state index contributed by atoms with van der Waals surface area (Å²) in [4.78, 5) is 11.7. The van der Waals surface area contributed by atoms with Crippen LogP contribution in [0.4, 0.5) is 0 Å². The Balaban J connectivity index is 2.95. The quantitative estimate of drug-likeness (QED) is 0.838. The van der Waals surface area contributed by atoms with Crippen LogP contribution in [-0.2, 0) is 25.8 Å². The molecular weight excluding hydrogens is 260 g/mol. The predicted octanol–water partition coefficient (Wildman–Crippen LogP) is 2.59. The summed E-state index contributed by atoms with van der Waals surface area (Å²) < 4.78 is 0. The van der Waals surface area contributed by atoms with Crippen LogP contribution in [0.25, 0.3) is 0 Å². The number of hydrogen-bond donors (Lipinski definition) is 1. The van der Waals surface area contributed by atoms with Gasteiger partial charge in [0.15, 0.2) is 0 Å². The average Bonchev–Trinajstić information content (AvgIpc) is 2.37. The van der Waals surface area contributed by atoms with Gasteiger partial charge in [0.1, 0.15) is 5.82 Å². The number of aryl methyl sites for hydroxylation is 2. The Morgan fingerprint density at radius 3 is 1.90 bits per heavy atom. The standard InChI is InChI=1S/C17H32N4/c1-8-14-13(10-11-18-17(3,4)5)15(9-2)20-16(19-14)12-21(6)7/h18H,8-12H2,1-7H3. The van der Waals surface area contributed by atoms with Gasteiger partial charge in [0, 0.05) is 16.9 Å². The van der Waals surface area contributed by atoms with Gasteiger partial charge in [0.2, 0.25) is 0 Å². The Morgan fingerprint density at radius 1 is 1.00 bits per heavy atom. The highest BCUT2D eigenvalue weighted by Gasteiger charge is 2.14. The van der Waals surface area contributed by atoms with Crippen LogP contribution in [-0.4, -0.2) is 41.0 Å². The lowest BCUT2D eigenvalue weighted by Crippen LogP contribution is -2.37. The van der Waals surface area contributed by atoms with E-state index in [2.05, 4.69) is 58.9 Å². The van der Waals surface area contributed by atoms with Gasteiger partial charge in [0.25, 0.3) is 0 Å². The van der Waals surface area contributed by atoms with Crippen LogP contribution in [0.1, 0.15) is 57.4 Å². The SMILES string of the molecule is CCc1nc(CN(C)C)nc(CC)c1CCNC(C)(C)C. The van der Waals surface area contributed by atoms with E-state index in [4.69, 9.17) is 9.97 Å². The fourth-order valence-electron chi connectivity index (χ4n) is 2.43. The molecule has 1 rings (SSSR count). The Hall–Kier alpha value is -1.00. The van der Waals surface area contributed by atoms with Crippen LogP contribution in [0.2, 0.25) is 0 Å². The lowest BCUT2D eigenvalue weighted by atomic mass is 10.0. The van der Waals surface area contributed by atoms with Crippen LogP contribution in [0.5, 0.6) is 0 Å². The number of nitrogens with zero attached hydrogens (tertiary/aromatic N) is 3. The third-order valence-electron chi connectivity index (χ3n) is 3.38. The van der Waals surface area contributed by atoms with E-state index in [0.29, 0.717) is 0 Å². The van der Waals surface area contributed by atoms with Gasteiger partial charge in [-0.15, -0.1) is 0 Å². The molecule has 0 aliphatic carbocycles. The number of hydrogen-bond acceptors (Lipinski definition) is 4. The Kier molecular flexibility index (Phi) is 6.75. The number of rotatable bonds is 7. The molecule has 0 aromatic carbocycles. The van der Waals surface area contributed by atoms with Crippen LogP contribution < -0.4 is 5.32 Å². The van der Waals surface area contributed by atoms with Gasteiger partial charge < -0.3 is 10.2 Å². The second kappa shape index (κ2) is 7.85. The second-order valence-corrected chi connectivity index (χ2v) is 6.88. The summed E-state index contributed by atoms with van der Waals surface area (Å²) in [5.41, 5.74) is 3.94. The average molecular weight is 292 g/mol. The molecule has 0 fully saturated rings. The summed E-state index contributed by atoms with van der Waals surface area (Å²) in [6.45, 7) is 12.7. The van der Waals surface area contributed by atoms with Crippen LogP contribution in [0.15, 0.2) is 0 Å². The molecular formula is C17H32N4. The molecule has 21 heavy (non-hydrogen) atoms. The summed E-state index contributed by atoms with van der Waals surface area (Å²) in [5.74, 6) is 0.946. The first-order valence-electron chi connectivity index (χ1n) is 8.04. The molecule has 120 valence electrons. The molecule has 1 aromatic rings. The van der Waals surface area contributed by atoms with E-state index in [1.54, 1.807) is 0 Å². The van der Waals surface area contributed by atoms with E-state index in [1.165, 1.54) is 17.0 Å². The van der Waals surface area contributed by atoms with Crippen molar-refractivity contribution in [2.75, 3.05) is 20.6 Å². The number of nitrogens with one attached hydrogen (secondary N) is 1. The van der Waals surface area contributed by atoms with Crippen molar-refractivity contribution in [1.82, 2.24) is 20.2 Å². The van der Waals surface area contributed by atoms with Crippen molar-refractivity contribution in [3.05, 3.63) is 22.8 Å². The highest BCUT2D eigenvalue weighted by atomic mass is 15.1. The molecule has 0 aliphatic heterocycles. The molecule has 1 N–H and O–H groups in total. The zero-order chi connectivity index (χ0) is 16.0. The van der Waals surface area contributed by atoms with Crippen molar-refractivity contribution < 1.29 is 0 Å².